The van der Waals surface area contributed by atoms with Gasteiger partial charge in [0.15, 0.2) is 0 Å². The number of benzene rings is 1. The number of aromatic nitrogens is 1. The van der Waals surface area contributed by atoms with Gasteiger partial charge in [-0.3, -0.25) is 4.98 Å². The first-order valence-corrected chi connectivity index (χ1v) is 9.69. The Morgan fingerprint density at radius 1 is 1.12 bits per heavy atom. The third-order valence-electron chi connectivity index (χ3n) is 5.76. The van der Waals surface area contributed by atoms with E-state index in [4.69, 9.17) is 4.74 Å². The number of pyridine rings is 1. The number of aliphatic hydroxyl groups excluding tert-OH is 1. The molecule has 1 saturated heterocycles. The van der Waals surface area contributed by atoms with Gasteiger partial charge in [0.2, 0.25) is 0 Å². The molecule has 1 N–H and O–H groups in total. The second kappa shape index (κ2) is 7.71. The molecule has 0 amide bonds. The topological polar surface area (TPSA) is 45.6 Å². The molecule has 0 radical (unpaired) electrons. The highest BCUT2D eigenvalue weighted by atomic mass is 16.5. The van der Waals surface area contributed by atoms with Gasteiger partial charge in [0, 0.05) is 42.8 Å². The number of fused-ring (bicyclic) bond motifs is 1. The van der Waals surface area contributed by atoms with Crippen LogP contribution in [0.4, 0.5) is 0 Å². The number of likely N-dealkylation sites (tertiary alicyclic amines) is 1. The van der Waals surface area contributed by atoms with Gasteiger partial charge in [-0.25, -0.2) is 0 Å². The van der Waals surface area contributed by atoms with Crippen LogP contribution in [0.1, 0.15) is 38.5 Å². The molecule has 0 spiro atoms. The summed E-state index contributed by atoms with van der Waals surface area (Å²) in [7, 11) is 0. The number of hydrogen-bond donors (Lipinski definition) is 1. The minimum absolute atomic E-state index is 0.124. The summed E-state index contributed by atoms with van der Waals surface area (Å²) in [6, 6.07) is 8.00. The Morgan fingerprint density at radius 2 is 2.00 bits per heavy atom. The second-order valence-corrected chi connectivity index (χ2v) is 7.63. The maximum absolute atomic E-state index is 10.6. The molecule has 1 aliphatic carbocycles. The van der Waals surface area contributed by atoms with E-state index in [0.29, 0.717) is 0 Å². The number of ether oxygens (including phenoxy) is 1. The van der Waals surface area contributed by atoms with Crippen LogP contribution in [0.5, 0.6) is 5.75 Å². The number of aliphatic hydroxyl groups is 1. The molecule has 2 heterocycles. The fraction of sp³-hybridized carbons (Fsp3) is 0.571. The first-order chi connectivity index (χ1) is 12.3. The monoisotopic (exact) mass is 340 g/mol. The molecule has 1 saturated carbocycles. The molecular formula is C21H28N2O2. The fourth-order valence-corrected chi connectivity index (χ4v) is 4.37. The molecule has 1 aromatic carbocycles. The largest absolute Gasteiger partial charge is 0.487 e. The molecule has 2 fully saturated rings. The molecule has 4 nitrogen and oxygen atoms in total. The van der Waals surface area contributed by atoms with Gasteiger partial charge in [-0.1, -0.05) is 31.4 Å². The molecule has 1 aliphatic heterocycles. The summed E-state index contributed by atoms with van der Waals surface area (Å²) in [5.41, 5.74) is 0. The van der Waals surface area contributed by atoms with E-state index in [1.54, 1.807) is 6.20 Å². The number of hydrogen-bond acceptors (Lipinski definition) is 4. The minimum atomic E-state index is -0.422. The van der Waals surface area contributed by atoms with Gasteiger partial charge in [0.25, 0.3) is 0 Å². The lowest BCUT2D eigenvalue weighted by Gasteiger charge is -2.38. The van der Waals surface area contributed by atoms with Gasteiger partial charge in [-0.2, -0.15) is 0 Å². The molecule has 2 aliphatic rings. The quantitative estimate of drug-likeness (QED) is 0.923. The van der Waals surface area contributed by atoms with E-state index in [0.717, 1.165) is 48.5 Å². The van der Waals surface area contributed by atoms with E-state index < -0.39 is 6.10 Å². The smallest absolute Gasteiger partial charge is 0.127 e. The van der Waals surface area contributed by atoms with E-state index in [1.807, 2.05) is 30.5 Å². The zero-order valence-corrected chi connectivity index (χ0v) is 14.8. The standard InChI is InChI=1S/C21H28N2O2/c24-19-15-23(14-16-5-2-1-3-6-16)12-10-21(19)25-20-8-4-7-17-13-22-11-9-18(17)20/h4,7-9,11,13,16,19,21,24H,1-3,5-6,10,12,14-15H2/t19-,21-/m1/s1. The maximum Gasteiger partial charge on any atom is 0.127 e. The molecule has 4 heteroatoms. The Labute approximate surface area is 149 Å². The number of piperidine rings is 1. The predicted octanol–water partition coefficient (Wildman–Crippen LogP) is 3.63. The van der Waals surface area contributed by atoms with Crippen LogP contribution in [0.15, 0.2) is 36.7 Å². The van der Waals surface area contributed by atoms with Gasteiger partial charge in [-0.15, -0.1) is 0 Å². The molecule has 1 aromatic heterocycles. The van der Waals surface area contributed by atoms with Crippen molar-refractivity contribution in [1.29, 1.82) is 0 Å². The Hall–Kier alpha value is -1.65. The van der Waals surface area contributed by atoms with Crippen molar-refractivity contribution in [1.82, 2.24) is 9.88 Å². The summed E-state index contributed by atoms with van der Waals surface area (Å²) in [4.78, 5) is 6.61. The third-order valence-corrected chi connectivity index (χ3v) is 5.76. The third kappa shape index (κ3) is 3.96. The van der Waals surface area contributed by atoms with Crippen molar-refractivity contribution in [2.45, 2.75) is 50.7 Å². The van der Waals surface area contributed by atoms with Crippen molar-refractivity contribution >= 4 is 10.8 Å². The van der Waals surface area contributed by atoms with Crippen molar-refractivity contribution in [2.24, 2.45) is 5.92 Å². The highest BCUT2D eigenvalue weighted by Crippen LogP contribution is 2.29. The summed E-state index contributed by atoms with van der Waals surface area (Å²) in [6.45, 7) is 2.89. The summed E-state index contributed by atoms with van der Waals surface area (Å²) in [5, 5.41) is 12.8. The Bertz CT molecular complexity index is 694. The van der Waals surface area contributed by atoms with Crippen LogP contribution in [0.2, 0.25) is 0 Å². The van der Waals surface area contributed by atoms with Crippen molar-refractivity contribution < 1.29 is 9.84 Å². The van der Waals surface area contributed by atoms with Crippen molar-refractivity contribution in [2.75, 3.05) is 19.6 Å². The van der Waals surface area contributed by atoms with Gasteiger partial charge in [0.05, 0.1) is 0 Å². The summed E-state index contributed by atoms with van der Waals surface area (Å²) in [6.07, 6.45) is 10.9. The number of β-amino-alcohol motifs (C(OH)–C–C–N with tert-alkyl or cyclic N) is 1. The highest BCUT2D eigenvalue weighted by Gasteiger charge is 2.30. The zero-order chi connectivity index (χ0) is 17.1. The minimum Gasteiger partial charge on any atom is -0.487 e. The summed E-state index contributed by atoms with van der Waals surface area (Å²) < 4.78 is 6.21. The fourth-order valence-electron chi connectivity index (χ4n) is 4.37. The molecule has 0 unspecified atom stereocenters. The molecular weight excluding hydrogens is 312 g/mol. The lowest BCUT2D eigenvalue weighted by atomic mass is 9.88. The normalized spacial score (nSPS) is 26.0. The van der Waals surface area contributed by atoms with E-state index in [-0.39, 0.29) is 6.10 Å². The van der Waals surface area contributed by atoms with Gasteiger partial charge in [0.1, 0.15) is 18.0 Å². The van der Waals surface area contributed by atoms with E-state index in [1.165, 1.54) is 32.1 Å². The van der Waals surface area contributed by atoms with E-state index in [2.05, 4.69) is 9.88 Å². The molecule has 134 valence electrons. The van der Waals surface area contributed by atoms with Crippen LogP contribution in [0.25, 0.3) is 10.8 Å². The van der Waals surface area contributed by atoms with Crippen LogP contribution >= 0.6 is 0 Å². The molecule has 4 rings (SSSR count). The van der Waals surface area contributed by atoms with Gasteiger partial charge < -0.3 is 14.7 Å². The average Bonchev–Trinajstić information content (AvgIpc) is 2.65. The lowest BCUT2D eigenvalue weighted by Crippen LogP contribution is -2.50. The van der Waals surface area contributed by atoms with Gasteiger partial charge >= 0.3 is 0 Å². The average molecular weight is 340 g/mol. The Kier molecular flexibility index (Phi) is 5.18. The molecule has 2 aromatic rings. The van der Waals surface area contributed by atoms with Gasteiger partial charge in [-0.05, 0) is 37.3 Å². The second-order valence-electron chi connectivity index (χ2n) is 7.63. The van der Waals surface area contributed by atoms with Crippen LogP contribution in [-0.2, 0) is 0 Å². The van der Waals surface area contributed by atoms with E-state index >= 15 is 0 Å². The first-order valence-electron chi connectivity index (χ1n) is 9.69. The van der Waals surface area contributed by atoms with Crippen molar-refractivity contribution in [3.05, 3.63) is 36.7 Å². The zero-order valence-electron chi connectivity index (χ0n) is 14.8. The van der Waals surface area contributed by atoms with Crippen LogP contribution in [0, 0.1) is 5.92 Å². The van der Waals surface area contributed by atoms with Crippen molar-refractivity contribution in [3.8, 4) is 5.75 Å². The maximum atomic E-state index is 10.6. The Balaban J connectivity index is 1.38. The molecule has 2 atom stereocenters. The summed E-state index contributed by atoms with van der Waals surface area (Å²) >= 11 is 0. The highest BCUT2D eigenvalue weighted by molar-refractivity contribution is 5.87. The van der Waals surface area contributed by atoms with Crippen LogP contribution in [-0.4, -0.2) is 46.8 Å². The lowest BCUT2D eigenvalue weighted by molar-refractivity contribution is -0.0294. The van der Waals surface area contributed by atoms with E-state index in [9.17, 15) is 5.11 Å². The SMILES string of the molecule is O[C@@H]1CN(CC2CCCCC2)CC[C@H]1Oc1cccc2cnccc12. The first kappa shape index (κ1) is 16.8. The molecule has 25 heavy (non-hydrogen) atoms. The molecule has 0 bridgehead atoms. The predicted molar refractivity (Wildman–Crippen MR) is 99.8 cm³/mol. The van der Waals surface area contributed by atoms with Crippen LogP contribution < -0.4 is 4.74 Å². The number of nitrogens with zero attached hydrogens (tertiary/aromatic N) is 2. The van der Waals surface area contributed by atoms with Crippen molar-refractivity contribution in [3.63, 3.8) is 0 Å². The number of rotatable bonds is 4. The summed E-state index contributed by atoms with van der Waals surface area (Å²) in [5.74, 6) is 1.67. The van der Waals surface area contributed by atoms with Crippen LogP contribution in [0.3, 0.4) is 0 Å². The Morgan fingerprint density at radius 3 is 2.84 bits per heavy atom.